The summed E-state index contributed by atoms with van der Waals surface area (Å²) in [4.78, 5) is 28.2. The fourth-order valence-corrected chi connectivity index (χ4v) is 4.14. The number of nitrogens with one attached hydrogen (secondary N) is 1. The van der Waals surface area contributed by atoms with Crippen molar-refractivity contribution in [1.82, 2.24) is 14.7 Å². The average Bonchev–Trinajstić information content (AvgIpc) is 3.33. The van der Waals surface area contributed by atoms with Crippen molar-refractivity contribution in [2.24, 2.45) is 0 Å². The summed E-state index contributed by atoms with van der Waals surface area (Å²) in [6.45, 7) is 3.61. The van der Waals surface area contributed by atoms with Crippen molar-refractivity contribution in [1.29, 1.82) is 5.26 Å². The maximum Gasteiger partial charge on any atom is 0.312 e. The Morgan fingerprint density at radius 2 is 2.00 bits per heavy atom. The molecule has 194 valence electrons. The van der Waals surface area contributed by atoms with Gasteiger partial charge in [-0.2, -0.15) is 5.26 Å². The lowest BCUT2D eigenvalue weighted by Crippen LogP contribution is -2.37. The van der Waals surface area contributed by atoms with Gasteiger partial charge in [0.25, 0.3) is 5.91 Å². The molecule has 0 saturated carbocycles. The van der Waals surface area contributed by atoms with E-state index in [4.69, 9.17) is 4.74 Å². The summed E-state index contributed by atoms with van der Waals surface area (Å²) in [5.74, 6) is 0.0743. The van der Waals surface area contributed by atoms with Gasteiger partial charge in [-0.25, -0.2) is 4.98 Å². The van der Waals surface area contributed by atoms with Gasteiger partial charge in [0, 0.05) is 42.2 Å². The van der Waals surface area contributed by atoms with E-state index in [0.29, 0.717) is 29.8 Å². The molecule has 0 aliphatic carbocycles. The van der Waals surface area contributed by atoms with Crippen LogP contribution in [0.4, 0.5) is 5.69 Å². The van der Waals surface area contributed by atoms with Gasteiger partial charge in [-0.15, -0.1) is 0 Å². The van der Waals surface area contributed by atoms with E-state index >= 15 is 0 Å². The highest BCUT2D eigenvalue weighted by Gasteiger charge is 2.18. The Bertz CT molecular complexity index is 1500. The maximum atomic E-state index is 12.9. The molecule has 1 unspecified atom stereocenters. The Balaban J connectivity index is 1.48. The summed E-state index contributed by atoms with van der Waals surface area (Å²) < 4.78 is 7.24. The molecule has 38 heavy (non-hydrogen) atoms. The van der Waals surface area contributed by atoms with Gasteiger partial charge in [0.1, 0.15) is 11.8 Å². The van der Waals surface area contributed by atoms with E-state index in [2.05, 4.69) is 16.4 Å². The Hall–Kier alpha value is -4.75. The van der Waals surface area contributed by atoms with Crippen LogP contribution in [0.25, 0.3) is 16.9 Å². The van der Waals surface area contributed by atoms with Gasteiger partial charge in [0.15, 0.2) is 0 Å². The molecule has 2 aromatic heterocycles. The molecule has 1 atom stereocenters. The Kier molecular flexibility index (Phi) is 7.99. The second kappa shape index (κ2) is 11.5. The summed E-state index contributed by atoms with van der Waals surface area (Å²) in [7, 11) is 0. The fraction of sp³-hybridized carbons (Fsp3) is 0.250. The van der Waals surface area contributed by atoms with E-state index in [-0.39, 0.29) is 41.6 Å². The SMILES string of the molecule is CC(C)Oc1ccc(C(=O)NC(CCO)Cc2ccc(-c3cn4cccc([N+](=O)[O-])c4n3)cc2)cc1C#N. The van der Waals surface area contributed by atoms with Crippen molar-refractivity contribution in [2.75, 3.05) is 6.61 Å². The first kappa shape index (κ1) is 26.3. The maximum absolute atomic E-state index is 12.9. The number of fused-ring (bicyclic) bond motifs is 1. The molecule has 0 aliphatic rings. The molecule has 10 heteroatoms. The van der Waals surface area contributed by atoms with Crippen LogP contribution in [0.5, 0.6) is 5.75 Å². The zero-order chi connectivity index (χ0) is 27.2. The highest BCUT2D eigenvalue weighted by atomic mass is 16.6. The first-order chi connectivity index (χ1) is 18.3. The van der Waals surface area contributed by atoms with Gasteiger partial charge in [-0.3, -0.25) is 14.9 Å². The molecule has 0 spiro atoms. The van der Waals surface area contributed by atoms with Gasteiger partial charge in [-0.1, -0.05) is 24.3 Å². The number of ether oxygens (including phenoxy) is 1. The van der Waals surface area contributed by atoms with Crippen LogP contribution in [-0.4, -0.2) is 44.1 Å². The topological polar surface area (TPSA) is 143 Å². The van der Waals surface area contributed by atoms with Gasteiger partial charge in [0.05, 0.1) is 22.3 Å². The molecule has 0 bridgehead atoms. The van der Waals surface area contributed by atoms with Crippen molar-refractivity contribution in [2.45, 2.75) is 38.8 Å². The van der Waals surface area contributed by atoms with E-state index in [1.807, 2.05) is 38.1 Å². The summed E-state index contributed by atoms with van der Waals surface area (Å²) >= 11 is 0. The number of hydrogen-bond acceptors (Lipinski definition) is 7. The van der Waals surface area contributed by atoms with Crippen LogP contribution in [0.15, 0.2) is 67.0 Å². The number of carbonyl (C=O) groups is 1. The highest BCUT2D eigenvalue weighted by Crippen LogP contribution is 2.25. The number of imidazole rings is 1. The minimum atomic E-state index is -0.459. The molecule has 10 nitrogen and oxygen atoms in total. The van der Waals surface area contributed by atoms with Crippen molar-refractivity contribution in [3.8, 4) is 23.1 Å². The van der Waals surface area contributed by atoms with Gasteiger partial charge in [0.2, 0.25) is 5.65 Å². The number of aliphatic hydroxyl groups excluding tert-OH is 1. The lowest BCUT2D eigenvalue weighted by Gasteiger charge is -2.19. The minimum absolute atomic E-state index is 0.0677. The monoisotopic (exact) mass is 513 g/mol. The van der Waals surface area contributed by atoms with Crippen LogP contribution in [0.1, 0.15) is 41.8 Å². The first-order valence-electron chi connectivity index (χ1n) is 12.1. The molecule has 0 saturated heterocycles. The first-order valence-corrected chi connectivity index (χ1v) is 12.1. The normalized spacial score (nSPS) is 11.8. The molecule has 0 aliphatic heterocycles. The quantitative estimate of drug-likeness (QED) is 0.238. The molecule has 1 amide bonds. The number of benzene rings is 2. The molecule has 0 fully saturated rings. The van der Waals surface area contributed by atoms with Crippen molar-refractivity contribution >= 4 is 17.2 Å². The smallest absolute Gasteiger partial charge is 0.312 e. The number of aromatic nitrogens is 2. The average molecular weight is 514 g/mol. The number of pyridine rings is 1. The molecule has 0 radical (unpaired) electrons. The van der Waals surface area contributed by atoms with Crippen molar-refractivity contribution in [3.05, 3.63) is 93.8 Å². The molecule has 4 aromatic rings. The standard InChI is InChI=1S/C28H27N5O5/c1-18(2)38-26-10-9-21(15-22(26)16-29)28(35)30-23(11-13-34)14-19-5-7-20(8-6-19)24-17-32-12-3-4-25(33(36)37)27(32)31-24/h3-10,12,15,17-18,23,34H,11,13-14H2,1-2H3,(H,30,35). The molecule has 2 aromatic carbocycles. The van der Waals surface area contributed by atoms with E-state index in [1.165, 1.54) is 12.1 Å². The Morgan fingerprint density at radius 1 is 1.24 bits per heavy atom. The number of nitriles is 1. The lowest BCUT2D eigenvalue weighted by atomic mass is 10.0. The zero-order valence-corrected chi connectivity index (χ0v) is 21.0. The summed E-state index contributed by atoms with van der Waals surface area (Å²) in [5.41, 5.74) is 3.13. The number of amides is 1. The number of nitro groups is 1. The number of carbonyl (C=O) groups excluding carboxylic acids is 1. The lowest BCUT2D eigenvalue weighted by molar-refractivity contribution is -0.383. The molecule has 2 N–H and O–H groups in total. The third kappa shape index (κ3) is 5.96. The fourth-order valence-electron chi connectivity index (χ4n) is 4.14. The molecular formula is C28H27N5O5. The highest BCUT2D eigenvalue weighted by molar-refractivity contribution is 5.95. The zero-order valence-electron chi connectivity index (χ0n) is 21.0. The largest absolute Gasteiger partial charge is 0.490 e. The number of rotatable bonds is 10. The second-order valence-corrected chi connectivity index (χ2v) is 9.08. The Morgan fingerprint density at radius 3 is 2.66 bits per heavy atom. The van der Waals surface area contributed by atoms with Crippen LogP contribution < -0.4 is 10.1 Å². The van der Waals surface area contributed by atoms with E-state index < -0.39 is 4.92 Å². The predicted molar refractivity (Wildman–Crippen MR) is 141 cm³/mol. The minimum Gasteiger partial charge on any atom is -0.490 e. The Labute approximate surface area is 219 Å². The summed E-state index contributed by atoms with van der Waals surface area (Å²) in [6.07, 6.45) is 4.17. The van der Waals surface area contributed by atoms with Crippen LogP contribution in [0, 0.1) is 21.4 Å². The van der Waals surface area contributed by atoms with Crippen LogP contribution >= 0.6 is 0 Å². The molecule has 4 rings (SSSR count). The molecular weight excluding hydrogens is 486 g/mol. The molecule has 2 heterocycles. The third-order valence-electron chi connectivity index (χ3n) is 5.93. The summed E-state index contributed by atoms with van der Waals surface area (Å²) in [5, 5.41) is 33.3. The van der Waals surface area contributed by atoms with E-state index in [9.17, 15) is 25.3 Å². The van der Waals surface area contributed by atoms with Crippen molar-refractivity contribution in [3.63, 3.8) is 0 Å². The number of hydrogen-bond donors (Lipinski definition) is 2. The van der Waals surface area contributed by atoms with E-state index in [1.54, 1.807) is 35.0 Å². The number of aliphatic hydroxyl groups is 1. The van der Waals surface area contributed by atoms with Crippen LogP contribution in [0.3, 0.4) is 0 Å². The number of nitrogens with zero attached hydrogens (tertiary/aromatic N) is 4. The van der Waals surface area contributed by atoms with Crippen LogP contribution in [0.2, 0.25) is 0 Å². The van der Waals surface area contributed by atoms with Gasteiger partial charge >= 0.3 is 5.69 Å². The van der Waals surface area contributed by atoms with Crippen molar-refractivity contribution < 1.29 is 19.6 Å². The van der Waals surface area contributed by atoms with Gasteiger partial charge < -0.3 is 19.6 Å². The predicted octanol–water partition coefficient (Wildman–Crippen LogP) is 4.29. The van der Waals surface area contributed by atoms with E-state index in [0.717, 1.165) is 11.1 Å². The second-order valence-electron chi connectivity index (χ2n) is 9.08. The van der Waals surface area contributed by atoms with Gasteiger partial charge in [-0.05, 0) is 56.5 Å². The third-order valence-corrected chi connectivity index (χ3v) is 5.93. The van der Waals surface area contributed by atoms with Crippen LogP contribution in [-0.2, 0) is 6.42 Å². The summed E-state index contributed by atoms with van der Waals surface area (Å²) in [6, 6.07) is 17.0.